The highest BCUT2D eigenvalue weighted by Gasteiger charge is 2.21. The van der Waals surface area contributed by atoms with Crippen LogP contribution in [0, 0.1) is 0 Å². The molecule has 0 fully saturated rings. The van der Waals surface area contributed by atoms with Gasteiger partial charge in [-0.15, -0.1) is 10.2 Å². The molecule has 0 aliphatic heterocycles. The molecule has 0 radical (unpaired) electrons. The van der Waals surface area contributed by atoms with E-state index < -0.39 is 64.6 Å². The molecule has 7 N–H and O–H groups in total. The number of hydrogen-bond acceptors (Lipinski definition) is 10. The van der Waals surface area contributed by atoms with Crippen LogP contribution in [0.25, 0.3) is 0 Å². The summed E-state index contributed by atoms with van der Waals surface area (Å²) in [5.74, 6) is -3.72. The van der Waals surface area contributed by atoms with Gasteiger partial charge in [-0.3, -0.25) is 14.5 Å². The van der Waals surface area contributed by atoms with Gasteiger partial charge >= 0.3 is 11.9 Å². The van der Waals surface area contributed by atoms with Crippen molar-refractivity contribution in [2.45, 2.75) is 9.79 Å². The lowest BCUT2D eigenvalue weighted by Crippen LogP contribution is -2.11. The minimum Gasteiger partial charge on any atom is -0.478 e. The molecule has 0 heterocycles. The number of aromatic carboxylic acids is 2. The van der Waals surface area contributed by atoms with Gasteiger partial charge in [0.25, 0.3) is 20.2 Å². The fraction of sp³-hybridized carbons (Fsp3) is 0. The van der Waals surface area contributed by atoms with Gasteiger partial charge < -0.3 is 15.9 Å². The molecule has 3 aromatic rings. The summed E-state index contributed by atoms with van der Waals surface area (Å²) < 4.78 is 64.2. The molecule has 198 valence electrons. The highest BCUT2D eigenvalue weighted by Crippen LogP contribution is 2.25. The number of carboxylic acid groups (broad SMARTS) is 2. The summed E-state index contributed by atoms with van der Waals surface area (Å²) in [4.78, 5) is 22.1. The van der Waals surface area contributed by atoms with E-state index in [0.717, 1.165) is 24.3 Å². The monoisotopic (exact) mass is 563 g/mol. The number of benzene rings is 3. The number of anilines is 2. The highest BCUT2D eigenvalue weighted by molar-refractivity contribution is 7.86. The summed E-state index contributed by atoms with van der Waals surface area (Å²) in [7, 11) is -9.50. The van der Waals surface area contributed by atoms with Crippen molar-refractivity contribution in [1.29, 1.82) is 0 Å². The standard InChI is InChI=1S/C21H17N5O10S2/c22-11-1-3-12(4-2-11)23-25-19(15-7-5-13(37(31,32)33)9-16(15)20(27)28)26-24-18-8-6-14(38(34,35)36)10-17(18)21(29)30/h1-10,23H,22H2,(H,27,28)(H,29,30)(H,31,32,33)(H,34,35,36). The maximum Gasteiger partial charge on any atom is 0.338 e. The molecule has 0 saturated carbocycles. The normalized spacial score (nSPS) is 12.4. The summed E-state index contributed by atoms with van der Waals surface area (Å²) in [5.41, 5.74) is 6.99. The Hall–Kier alpha value is -4.71. The molecule has 3 rings (SSSR count). The van der Waals surface area contributed by atoms with E-state index >= 15 is 0 Å². The third-order valence-electron chi connectivity index (χ3n) is 4.71. The van der Waals surface area contributed by atoms with Gasteiger partial charge in [-0.05, 0) is 60.7 Å². The SMILES string of the molecule is Nc1ccc(NN=C(N=Nc2ccc(S(=O)(=O)O)cc2C(=O)O)c2ccc(S(=O)(=O)O)cc2C(=O)O)cc1. The van der Waals surface area contributed by atoms with Crippen molar-refractivity contribution in [3.63, 3.8) is 0 Å². The number of hydrazone groups is 1. The first kappa shape index (κ1) is 27.9. The molecule has 0 unspecified atom stereocenters. The number of carboxylic acids is 2. The number of rotatable bonds is 8. The van der Waals surface area contributed by atoms with Gasteiger partial charge in [0.15, 0.2) is 0 Å². The van der Waals surface area contributed by atoms with E-state index in [-0.39, 0.29) is 5.56 Å². The number of nitrogens with zero attached hydrogens (tertiary/aromatic N) is 3. The van der Waals surface area contributed by atoms with Crippen LogP contribution in [0.4, 0.5) is 17.1 Å². The summed E-state index contributed by atoms with van der Waals surface area (Å²) in [6, 6.07) is 11.0. The van der Waals surface area contributed by atoms with Crippen LogP contribution in [0.2, 0.25) is 0 Å². The zero-order valence-electron chi connectivity index (χ0n) is 18.7. The van der Waals surface area contributed by atoms with Gasteiger partial charge in [0.1, 0.15) is 5.69 Å². The number of carbonyl (C=O) groups is 2. The molecular formula is C21H17N5O10S2. The first-order chi connectivity index (χ1) is 17.7. The minimum absolute atomic E-state index is 0.289. The van der Waals surface area contributed by atoms with Crippen LogP contribution in [-0.4, -0.2) is 53.9 Å². The fourth-order valence-corrected chi connectivity index (χ4v) is 3.92. The zero-order valence-corrected chi connectivity index (χ0v) is 20.4. The Kier molecular flexibility index (Phi) is 7.87. The molecular weight excluding hydrogens is 546 g/mol. The molecule has 3 aromatic carbocycles. The molecule has 0 amide bonds. The van der Waals surface area contributed by atoms with Crippen LogP contribution in [0.5, 0.6) is 0 Å². The Bertz CT molecular complexity index is 1700. The molecule has 0 aromatic heterocycles. The number of azo groups is 1. The van der Waals surface area contributed by atoms with Crippen molar-refractivity contribution < 1.29 is 45.7 Å². The van der Waals surface area contributed by atoms with Crippen molar-refractivity contribution in [3.05, 3.63) is 77.4 Å². The number of hydrogen-bond donors (Lipinski definition) is 6. The molecule has 0 bridgehead atoms. The first-order valence-electron chi connectivity index (χ1n) is 9.98. The second kappa shape index (κ2) is 10.7. The van der Waals surface area contributed by atoms with Gasteiger partial charge in [-0.1, -0.05) is 0 Å². The minimum atomic E-state index is -4.77. The van der Waals surface area contributed by atoms with Gasteiger partial charge in [0.05, 0.1) is 26.6 Å². The first-order valence-corrected chi connectivity index (χ1v) is 12.9. The van der Waals surface area contributed by atoms with Crippen LogP contribution in [-0.2, 0) is 20.2 Å². The molecule has 15 nitrogen and oxygen atoms in total. The third kappa shape index (κ3) is 6.73. The Morgan fingerprint density at radius 2 is 1.26 bits per heavy atom. The predicted molar refractivity (Wildman–Crippen MR) is 132 cm³/mol. The van der Waals surface area contributed by atoms with E-state index in [1.165, 1.54) is 24.3 Å². The lowest BCUT2D eigenvalue weighted by Gasteiger charge is -2.09. The number of nitrogen functional groups attached to an aromatic ring is 1. The van der Waals surface area contributed by atoms with Crippen LogP contribution >= 0.6 is 0 Å². The Balaban J connectivity index is 2.18. The largest absolute Gasteiger partial charge is 0.478 e. The van der Waals surface area contributed by atoms with Gasteiger partial charge in [-0.2, -0.15) is 21.9 Å². The summed E-state index contributed by atoms with van der Waals surface area (Å²) >= 11 is 0. The smallest absolute Gasteiger partial charge is 0.338 e. The van der Waals surface area contributed by atoms with Crippen LogP contribution in [0.1, 0.15) is 26.3 Å². The van der Waals surface area contributed by atoms with E-state index in [2.05, 4.69) is 20.8 Å². The zero-order chi connectivity index (χ0) is 28.3. The van der Waals surface area contributed by atoms with Crippen LogP contribution in [0.15, 0.2) is 85.8 Å². The van der Waals surface area contributed by atoms with E-state index in [1.54, 1.807) is 0 Å². The van der Waals surface area contributed by atoms with Crippen LogP contribution in [0.3, 0.4) is 0 Å². The molecule has 0 spiro atoms. The lowest BCUT2D eigenvalue weighted by molar-refractivity contribution is 0.0686. The Morgan fingerprint density at radius 3 is 1.79 bits per heavy atom. The number of nitrogens with one attached hydrogen (secondary N) is 1. The van der Waals surface area contributed by atoms with Crippen molar-refractivity contribution >= 4 is 55.1 Å². The predicted octanol–water partition coefficient (Wildman–Crippen LogP) is 2.72. The molecule has 17 heteroatoms. The van der Waals surface area contributed by atoms with Gasteiger partial charge in [0.2, 0.25) is 5.84 Å². The molecule has 0 aliphatic rings. The maximum atomic E-state index is 11.9. The second-order valence-corrected chi connectivity index (χ2v) is 10.2. The average molecular weight is 564 g/mol. The summed E-state index contributed by atoms with van der Waals surface area (Å²) in [6.07, 6.45) is 0. The number of amidine groups is 1. The number of nitrogens with two attached hydrogens (primary N) is 1. The van der Waals surface area contributed by atoms with Crippen molar-refractivity contribution in [2.24, 2.45) is 15.3 Å². The summed E-state index contributed by atoms with van der Waals surface area (Å²) in [6.45, 7) is 0. The highest BCUT2D eigenvalue weighted by atomic mass is 32.2. The quantitative estimate of drug-likeness (QED) is 0.0577. The van der Waals surface area contributed by atoms with E-state index in [1.807, 2.05) is 0 Å². The van der Waals surface area contributed by atoms with E-state index in [4.69, 9.17) is 5.73 Å². The Labute approximate surface area is 214 Å². The van der Waals surface area contributed by atoms with E-state index in [9.17, 15) is 45.7 Å². The van der Waals surface area contributed by atoms with Crippen molar-refractivity contribution in [1.82, 2.24) is 0 Å². The molecule has 0 aliphatic carbocycles. The molecule has 38 heavy (non-hydrogen) atoms. The fourth-order valence-electron chi connectivity index (χ4n) is 2.90. The topological polar surface area (TPSA) is 258 Å². The van der Waals surface area contributed by atoms with Gasteiger partial charge in [-0.25, -0.2) is 9.59 Å². The Morgan fingerprint density at radius 1 is 0.737 bits per heavy atom. The van der Waals surface area contributed by atoms with E-state index in [0.29, 0.717) is 23.5 Å². The second-order valence-electron chi connectivity index (χ2n) is 7.32. The third-order valence-corrected chi connectivity index (χ3v) is 6.41. The maximum absolute atomic E-state index is 11.9. The molecule has 0 saturated heterocycles. The van der Waals surface area contributed by atoms with Crippen LogP contribution < -0.4 is 11.2 Å². The van der Waals surface area contributed by atoms with Crippen molar-refractivity contribution in [3.8, 4) is 0 Å². The lowest BCUT2D eigenvalue weighted by atomic mass is 10.1. The molecule has 0 atom stereocenters. The van der Waals surface area contributed by atoms with Crippen molar-refractivity contribution in [2.75, 3.05) is 11.2 Å². The summed E-state index contributed by atoms with van der Waals surface area (Å²) in [5, 5.41) is 30.6. The van der Waals surface area contributed by atoms with Gasteiger partial charge in [0, 0.05) is 11.3 Å². The average Bonchev–Trinajstić information content (AvgIpc) is 2.83.